The number of esters is 4. The van der Waals surface area contributed by atoms with Crippen LogP contribution in [-0.2, 0) is 28.7 Å². The second kappa shape index (κ2) is 12.0. The number of carbonyl (C=O) groups excluding carboxylic acids is 4. The summed E-state index contributed by atoms with van der Waals surface area (Å²) >= 11 is 0. The molecule has 2 unspecified atom stereocenters. The Kier molecular flexibility index (Phi) is 8.79. The van der Waals surface area contributed by atoms with Crippen molar-refractivity contribution in [2.75, 3.05) is 28.4 Å². The van der Waals surface area contributed by atoms with Crippen LogP contribution in [0.5, 0.6) is 34.5 Å². The van der Waals surface area contributed by atoms with Gasteiger partial charge in [0.15, 0.2) is 29.1 Å². The van der Waals surface area contributed by atoms with Gasteiger partial charge in [-0.1, -0.05) is 0 Å². The van der Waals surface area contributed by atoms with Crippen molar-refractivity contribution in [2.45, 2.75) is 26.1 Å². The molecule has 3 rings (SSSR count). The summed E-state index contributed by atoms with van der Waals surface area (Å²) in [5.41, 5.74) is 0.566. The number of ether oxygens (including phenoxy) is 8. The highest BCUT2D eigenvalue weighted by Gasteiger charge is 2.42. The van der Waals surface area contributed by atoms with Gasteiger partial charge in [-0.3, -0.25) is 9.59 Å². The lowest BCUT2D eigenvalue weighted by atomic mass is 10.00. The van der Waals surface area contributed by atoms with Crippen LogP contribution in [-0.4, -0.2) is 58.4 Å². The molecule has 1 heterocycles. The highest BCUT2D eigenvalue weighted by Crippen LogP contribution is 2.49. The average Bonchev–Trinajstić information content (AvgIpc) is 2.90. The summed E-state index contributed by atoms with van der Waals surface area (Å²) < 4.78 is 43.0. The molecule has 0 saturated heterocycles. The van der Waals surface area contributed by atoms with E-state index in [0.29, 0.717) is 11.3 Å². The van der Waals surface area contributed by atoms with E-state index in [-0.39, 0.29) is 34.3 Å². The van der Waals surface area contributed by atoms with Crippen molar-refractivity contribution in [3.05, 3.63) is 41.5 Å². The number of hydrogen-bond acceptors (Lipinski definition) is 12. The first-order valence-electron chi connectivity index (χ1n) is 11.1. The predicted octanol–water partition coefficient (Wildman–Crippen LogP) is 2.79. The van der Waals surface area contributed by atoms with Crippen molar-refractivity contribution < 1.29 is 57.1 Å². The molecule has 1 aliphatic heterocycles. The van der Waals surface area contributed by atoms with Crippen molar-refractivity contribution >= 4 is 30.0 Å². The maximum Gasteiger partial charge on any atom is 0.351 e. The summed E-state index contributed by atoms with van der Waals surface area (Å²) in [6.07, 6.45) is 0.0199. The molecule has 1 aliphatic rings. The first-order chi connectivity index (χ1) is 18.1. The van der Waals surface area contributed by atoms with E-state index in [4.69, 9.17) is 33.2 Å². The molecule has 0 aliphatic carbocycles. The molecule has 0 bridgehead atoms. The van der Waals surface area contributed by atoms with Gasteiger partial charge in [-0.15, -0.1) is 0 Å². The van der Waals surface area contributed by atoms with Crippen LogP contribution in [0.15, 0.2) is 30.3 Å². The topological polar surface area (TPSA) is 142 Å². The molecular weight excluding hydrogens is 504 g/mol. The van der Waals surface area contributed by atoms with Crippen molar-refractivity contribution in [3.63, 3.8) is 0 Å². The Hall–Kier alpha value is -4.74. The summed E-state index contributed by atoms with van der Waals surface area (Å²) in [6, 6.07) is 5.93. The summed E-state index contributed by atoms with van der Waals surface area (Å²) in [5.74, 6) is -2.50. The van der Waals surface area contributed by atoms with Crippen LogP contribution in [0.2, 0.25) is 0 Å². The van der Waals surface area contributed by atoms with Crippen molar-refractivity contribution in [3.8, 4) is 34.5 Å². The van der Waals surface area contributed by atoms with Crippen molar-refractivity contribution in [2.24, 2.45) is 0 Å². The Morgan fingerprint density at radius 3 is 2.00 bits per heavy atom. The van der Waals surface area contributed by atoms with Crippen LogP contribution < -0.4 is 28.4 Å². The quantitative estimate of drug-likeness (QED) is 0.281. The lowest BCUT2D eigenvalue weighted by Crippen LogP contribution is -2.40. The number of fused-ring (bicyclic) bond motifs is 1. The molecule has 2 atom stereocenters. The lowest BCUT2D eigenvalue weighted by molar-refractivity contribution is -0.155. The van der Waals surface area contributed by atoms with Crippen LogP contribution in [0.4, 0.5) is 0 Å². The second-order valence-corrected chi connectivity index (χ2v) is 7.70. The van der Waals surface area contributed by atoms with Gasteiger partial charge in [0, 0.05) is 37.1 Å². The molecule has 0 amide bonds. The van der Waals surface area contributed by atoms with Gasteiger partial charge in [0.1, 0.15) is 5.75 Å². The van der Waals surface area contributed by atoms with E-state index in [9.17, 15) is 19.2 Å². The first kappa shape index (κ1) is 27.8. The minimum absolute atomic E-state index is 0.0932. The standard InChI is InChI=1S/C26H26O12/c1-13(27)35-22-16(8-9-17(31-3)24(22)36-14(2)28)23-25(26(30)34-6)38-19-11-15(7-10-21(29)33-5)18(32-4)12-20(19)37-23/h7-12,23,25H,1-6H3/b10-7+. The zero-order valence-corrected chi connectivity index (χ0v) is 21.5. The summed E-state index contributed by atoms with van der Waals surface area (Å²) in [4.78, 5) is 48.2. The first-order valence-corrected chi connectivity index (χ1v) is 11.1. The fourth-order valence-electron chi connectivity index (χ4n) is 3.62. The average molecular weight is 530 g/mol. The third-order valence-electron chi connectivity index (χ3n) is 5.24. The van der Waals surface area contributed by atoms with E-state index in [0.717, 1.165) is 13.8 Å². The van der Waals surface area contributed by atoms with Crippen LogP contribution in [0, 0.1) is 0 Å². The minimum Gasteiger partial charge on any atom is -0.496 e. The van der Waals surface area contributed by atoms with Gasteiger partial charge >= 0.3 is 23.9 Å². The van der Waals surface area contributed by atoms with E-state index in [2.05, 4.69) is 4.74 Å². The number of benzene rings is 2. The smallest absolute Gasteiger partial charge is 0.351 e. The van der Waals surface area contributed by atoms with Gasteiger partial charge < -0.3 is 37.9 Å². The van der Waals surface area contributed by atoms with Gasteiger partial charge in [0.2, 0.25) is 11.9 Å². The molecule has 2 aromatic carbocycles. The number of methoxy groups -OCH3 is 4. The van der Waals surface area contributed by atoms with Crippen LogP contribution in [0.1, 0.15) is 31.1 Å². The van der Waals surface area contributed by atoms with Gasteiger partial charge in [0.05, 0.1) is 28.4 Å². The molecule has 202 valence electrons. The van der Waals surface area contributed by atoms with E-state index in [1.54, 1.807) is 0 Å². The molecule has 12 heteroatoms. The lowest BCUT2D eigenvalue weighted by Gasteiger charge is -2.34. The second-order valence-electron chi connectivity index (χ2n) is 7.70. The summed E-state index contributed by atoms with van der Waals surface area (Å²) in [7, 11) is 5.17. The van der Waals surface area contributed by atoms with Gasteiger partial charge in [-0.05, 0) is 24.3 Å². The molecule has 0 spiro atoms. The number of carbonyl (C=O) groups is 4. The summed E-state index contributed by atoms with van der Waals surface area (Å²) in [6.45, 7) is 2.32. The molecule has 0 N–H and O–H groups in total. The van der Waals surface area contributed by atoms with Gasteiger partial charge in [-0.25, -0.2) is 9.59 Å². The molecule has 38 heavy (non-hydrogen) atoms. The Morgan fingerprint density at radius 2 is 1.42 bits per heavy atom. The van der Waals surface area contributed by atoms with E-state index < -0.39 is 36.1 Å². The molecule has 0 aromatic heterocycles. The minimum atomic E-state index is -1.38. The summed E-state index contributed by atoms with van der Waals surface area (Å²) in [5, 5.41) is 0. The largest absolute Gasteiger partial charge is 0.496 e. The van der Waals surface area contributed by atoms with Gasteiger partial charge in [-0.2, -0.15) is 0 Å². The molecule has 2 aromatic rings. The Balaban J connectivity index is 2.19. The Bertz CT molecular complexity index is 1280. The van der Waals surface area contributed by atoms with Gasteiger partial charge in [0.25, 0.3) is 0 Å². The predicted molar refractivity (Wildman–Crippen MR) is 129 cm³/mol. The van der Waals surface area contributed by atoms with Crippen LogP contribution in [0.25, 0.3) is 6.08 Å². The Labute approximate surface area is 217 Å². The zero-order valence-electron chi connectivity index (χ0n) is 21.5. The highest BCUT2D eigenvalue weighted by molar-refractivity contribution is 5.88. The molecule has 12 nitrogen and oxygen atoms in total. The van der Waals surface area contributed by atoms with Crippen LogP contribution in [0.3, 0.4) is 0 Å². The zero-order chi connectivity index (χ0) is 28.0. The fourth-order valence-corrected chi connectivity index (χ4v) is 3.62. The normalized spacial score (nSPS) is 15.8. The molecular formula is C26H26O12. The third kappa shape index (κ3) is 5.97. The monoisotopic (exact) mass is 530 g/mol. The molecule has 0 radical (unpaired) electrons. The molecule has 0 saturated carbocycles. The third-order valence-corrected chi connectivity index (χ3v) is 5.24. The van der Waals surface area contributed by atoms with Crippen molar-refractivity contribution in [1.29, 1.82) is 0 Å². The van der Waals surface area contributed by atoms with E-state index in [1.165, 1.54) is 64.9 Å². The Morgan fingerprint density at radius 1 is 0.789 bits per heavy atom. The highest BCUT2D eigenvalue weighted by atomic mass is 16.6. The van der Waals surface area contributed by atoms with E-state index >= 15 is 0 Å². The number of rotatable bonds is 8. The molecule has 0 fully saturated rings. The van der Waals surface area contributed by atoms with E-state index in [1.807, 2.05) is 0 Å². The SMILES string of the molecule is COC(=O)/C=C/c1cc2c(cc1OC)OC(c1ccc(OC)c(OC(C)=O)c1OC(C)=O)C(C(=O)OC)O2. The van der Waals surface area contributed by atoms with Crippen molar-refractivity contribution in [1.82, 2.24) is 0 Å². The number of hydrogen-bond donors (Lipinski definition) is 0. The maximum absolute atomic E-state index is 12.8. The fraction of sp³-hybridized carbons (Fsp3) is 0.308. The maximum atomic E-state index is 12.8. The van der Waals surface area contributed by atoms with Crippen LogP contribution >= 0.6 is 0 Å².